The molecule has 5 unspecified atom stereocenters. The van der Waals surface area contributed by atoms with Crippen molar-refractivity contribution in [2.24, 2.45) is 16.9 Å². The van der Waals surface area contributed by atoms with Crippen LogP contribution in [0.25, 0.3) is 11.1 Å². The van der Waals surface area contributed by atoms with Crippen LogP contribution in [-0.4, -0.2) is 92.5 Å². The number of rotatable bonds is 18. The summed E-state index contributed by atoms with van der Waals surface area (Å²) in [5, 5.41) is 27.2. The van der Waals surface area contributed by atoms with E-state index in [4.69, 9.17) is 11.5 Å². The molecule has 0 spiro atoms. The number of aliphatic hydroxyl groups excluding tert-OH is 1. The lowest BCUT2D eigenvalue weighted by Gasteiger charge is -2.41. The summed E-state index contributed by atoms with van der Waals surface area (Å²) in [6, 6.07) is 7.51. The molecule has 0 saturated heterocycles. The molecule has 0 aliphatic carbocycles. The lowest BCUT2D eigenvalue weighted by atomic mass is 9.82. The molecule has 55 heavy (non-hydrogen) atoms. The van der Waals surface area contributed by atoms with E-state index in [-0.39, 0.29) is 18.7 Å². The molecule has 3 aromatic rings. The Hall–Kier alpha value is -5.68. The molecule has 2 aromatic carbocycles. The standard InChI is InChI=1S/C38H49F2N7O8/c1-21(41)34(51)43-22(2)35(52)45-29(17-31(42)49)36(53)44-28(37(54)55)13-14-47(32(50)20-48)33(38(3,4)5)30-15-24(26-16-25(39)11-12-27(26)40)19-46(30)18-23-9-7-6-8-10-23/h6-12,15-16,19,21-22,28-29,33,48H,13-14,17-18,20,41H2,1-5H3,(H2,42,49)(H,43,51)(H,44,53)(H,45,52)(H,54,55). The highest BCUT2D eigenvalue weighted by Gasteiger charge is 2.38. The van der Waals surface area contributed by atoms with Crippen molar-refractivity contribution < 1.29 is 47.8 Å². The van der Waals surface area contributed by atoms with Gasteiger partial charge in [-0.15, -0.1) is 0 Å². The quantitative estimate of drug-likeness (QED) is 0.0993. The molecule has 1 heterocycles. The number of aromatic nitrogens is 1. The summed E-state index contributed by atoms with van der Waals surface area (Å²) in [5.41, 5.74) is 11.6. The number of nitrogens with one attached hydrogen (secondary N) is 3. The van der Waals surface area contributed by atoms with Gasteiger partial charge in [0.05, 0.1) is 18.5 Å². The van der Waals surface area contributed by atoms with E-state index in [1.54, 1.807) is 16.8 Å². The Labute approximate surface area is 317 Å². The fourth-order valence-electron chi connectivity index (χ4n) is 6.02. The van der Waals surface area contributed by atoms with Crippen LogP contribution in [0.4, 0.5) is 8.78 Å². The number of nitrogens with two attached hydrogens (primary N) is 2. The minimum Gasteiger partial charge on any atom is -0.480 e. The van der Waals surface area contributed by atoms with Gasteiger partial charge in [0.15, 0.2) is 0 Å². The van der Waals surface area contributed by atoms with Gasteiger partial charge in [0.2, 0.25) is 29.5 Å². The van der Waals surface area contributed by atoms with Crippen LogP contribution in [0.1, 0.15) is 64.8 Å². The fraction of sp³-hybridized carbons (Fsp3) is 0.421. The van der Waals surface area contributed by atoms with E-state index in [1.165, 1.54) is 18.7 Å². The maximum Gasteiger partial charge on any atom is 0.326 e. The van der Waals surface area contributed by atoms with Gasteiger partial charge in [-0.1, -0.05) is 51.1 Å². The van der Waals surface area contributed by atoms with Crippen molar-refractivity contribution in [2.75, 3.05) is 13.2 Å². The number of nitrogens with zero attached hydrogens (tertiary/aromatic N) is 2. The number of hydrogen-bond acceptors (Lipinski definition) is 8. The number of aliphatic carboxylic acids is 1. The highest BCUT2D eigenvalue weighted by molar-refractivity contribution is 5.96. The van der Waals surface area contributed by atoms with Crippen molar-refractivity contribution in [2.45, 2.75) is 84.2 Å². The van der Waals surface area contributed by atoms with Crippen molar-refractivity contribution >= 4 is 35.5 Å². The van der Waals surface area contributed by atoms with Crippen LogP contribution in [0.15, 0.2) is 60.8 Å². The van der Waals surface area contributed by atoms with Crippen molar-refractivity contribution in [1.29, 1.82) is 0 Å². The molecule has 0 aliphatic rings. The third-order valence-electron chi connectivity index (χ3n) is 8.71. The minimum atomic E-state index is -1.68. The van der Waals surface area contributed by atoms with Gasteiger partial charge in [0.1, 0.15) is 36.4 Å². The van der Waals surface area contributed by atoms with Gasteiger partial charge in [0.25, 0.3) is 0 Å². The molecule has 5 amide bonds. The molecule has 5 atom stereocenters. The largest absolute Gasteiger partial charge is 0.480 e. The van der Waals surface area contributed by atoms with Crippen LogP contribution in [-0.2, 0) is 35.3 Å². The fourth-order valence-corrected chi connectivity index (χ4v) is 6.02. The molecular weight excluding hydrogens is 720 g/mol. The second kappa shape index (κ2) is 19.1. The van der Waals surface area contributed by atoms with Gasteiger partial charge in [-0.3, -0.25) is 24.0 Å². The number of hydrogen-bond donors (Lipinski definition) is 7. The molecule has 9 N–H and O–H groups in total. The Morgan fingerprint density at radius 1 is 0.891 bits per heavy atom. The van der Waals surface area contributed by atoms with Crippen molar-refractivity contribution in [3.05, 3.63) is 83.7 Å². The van der Waals surface area contributed by atoms with Crippen LogP contribution in [0.5, 0.6) is 0 Å². The Kier molecular flexibility index (Phi) is 15.2. The minimum absolute atomic E-state index is 0.0299. The Morgan fingerprint density at radius 3 is 2.09 bits per heavy atom. The van der Waals surface area contributed by atoms with Crippen molar-refractivity contribution in [1.82, 2.24) is 25.4 Å². The summed E-state index contributed by atoms with van der Waals surface area (Å²) < 4.78 is 31.2. The first-order valence-corrected chi connectivity index (χ1v) is 17.5. The molecule has 15 nitrogen and oxygen atoms in total. The lowest BCUT2D eigenvalue weighted by molar-refractivity contribution is -0.145. The molecular formula is C38H49F2N7O8. The third kappa shape index (κ3) is 12.2. The summed E-state index contributed by atoms with van der Waals surface area (Å²) in [6.45, 7) is 7.06. The van der Waals surface area contributed by atoms with E-state index in [2.05, 4.69) is 16.0 Å². The highest BCUT2D eigenvalue weighted by Crippen LogP contribution is 2.41. The SMILES string of the molecule is CC(N)C(=O)NC(C)C(=O)NC(CC(N)=O)C(=O)NC(CCN(C(=O)CO)C(c1cc(-c2cc(F)ccc2F)cn1Cc1ccccc1)C(C)(C)C)C(=O)O. The van der Waals surface area contributed by atoms with E-state index in [1.807, 2.05) is 51.1 Å². The summed E-state index contributed by atoms with van der Waals surface area (Å²) in [5.74, 6) is -7.29. The van der Waals surface area contributed by atoms with Crippen LogP contribution in [0.2, 0.25) is 0 Å². The molecule has 298 valence electrons. The number of aliphatic hydroxyl groups is 1. The van der Waals surface area contributed by atoms with Gasteiger partial charge in [-0.2, -0.15) is 0 Å². The number of primary amides is 1. The Balaban J connectivity index is 2.00. The summed E-state index contributed by atoms with van der Waals surface area (Å²) in [7, 11) is 0. The van der Waals surface area contributed by atoms with Gasteiger partial charge in [-0.25, -0.2) is 13.6 Å². The van der Waals surface area contributed by atoms with Gasteiger partial charge in [-0.05, 0) is 55.5 Å². The predicted molar refractivity (Wildman–Crippen MR) is 198 cm³/mol. The third-order valence-corrected chi connectivity index (χ3v) is 8.71. The molecule has 0 saturated carbocycles. The second-order valence-corrected chi connectivity index (χ2v) is 14.3. The predicted octanol–water partition coefficient (Wildman–Crippen LogP) is 1.56. The molecule has 1 aromatic heterocycles. The van der Waals surface area contributed by atoms with E-state index in [9.17, 15) is 43.4 Å². The maximum absolute atomic E-state index is 15.1. The average molecular weight is 770 g/mol. The van der Waals surface area contributed by atoms with E-state index in [0.29, 0.717) is 11.3 Å². The van der Waals surface area contributed by atoms with E-state index < -0.39 is 102 Å². The normalized spacial score (nSPS) is 14.1. The monoisotopic (exact) mass is 769 g/mol. The average Bonchev–Trinajstić information content (AvgIpc) is 3.50. The molecule has 0 aliphatic heterocycles. The first-order valence-electron chi connectivity index (χ1n) is 17.5. The number of carbonyl (C=O) groups excluding carboxylic acids is 5. The first kappa shape index (κ1) is 43.7. The number of halogens is 2. The number of carboxylic acid groups (broad SMARTS) is 1. The van der Waals surface area contributed by atoms with Crippen molar-refractivity contribution in [3.8, 4) is 11.1 Å². The van der Waals surface area contributed by atoms with Crippen LogP contribution in [0, 0.1) is 17.0 Å². The Morgan fingerprint density at radius 2 is 1.53 bits per heavy atom. The van der Waals surface area contributed by atoms with Gasteiger partial charge >= 0.3 is 5.97 Å². The first-order chi connectivity index (χ1) is 25.7. The van der Waals surface area contributed by atoms with Crippen LogP contribution in [0.3, 0.4) is 0 Å². The van der Waals surface area contributed by atoms with E-state index >= 15 is 4.39 Å². The molecule has 0 radical (unpaired) electrons. The van der Waals surface area contributed by atoms with Crippen LogP contribution < -0.4 is 27.4 Å². The van der Waals surface area contributed by atoms with Crippen LogP contribution >= 0.6 is 0 Å². The topological polar surface area (TPSA) is 239 Å². The molecule has 0 bridgehead atoms. The number of carbonyl (C=O) groups is 6. The maximum atomic E-state index is 15.1. The smallest absolute Gasteiger partial charge is 0.326 e. The molecule has 3 rings (SSSR count). The lowest BCUT2D eigenvalue weighted by Crippen LogP contribution is -2.57. The zero-order valence-corrected chi connectivity index (χ0v) is 31.3. The summed E-state index contributed by atoms with van der Waals surface area (Å²) >= 11 is 0. The van der Waals surface area contributed by atoms with Gasteiger partial charge in [0, 0.05) is 36.1 Å². The van der Waals surface area contributed by atoms with Crippen molar-refractivity contribution in [3.63, 3.8) is 0 Å². The zero-order chi connectivity index (χ0) is 41.2. The molecule has 0 fully saturated rings. The number of carboxylic acids is 1. The molecule has 17 heteroatoms. The second-order valence-electron chi connectivity index (χ2n) is 14.3. The highest BCUT2D eigenvalue weighted by atomic mass is 19.1. The number of amides is 5. The summed E-state index contributed by atoms with van der Waals surface area (Å²) in [6.07, 6.45) is 0.491. The Bertz CT molecular complexity index is 1860. The summed E-state index contributed by atoms with van der Waals surface area (Å²) in [4.78, 5) is 77.2. The van der Waals surface area contributed by atoms with Gasteiger partial charge < -0.3 is 47.1 Å². The van der Waals surface area contributed by atoms with E-state index in [0.717, 1.165) is 23.8 Å². The zero-order valence-electron chi connectivity index (χ0n) is 31.3. The number of benzene rings is 2.